The van der Waals surface area contributed by atoms with Gasteiger partial charge >= 0.3 is 0 Å². The molecule has 31 heavy (non-hydrogen) atoms. The van der Waals surface area contributed by atoms with E-state index in [4.69, 9.17) is 4.74 Å². The molecule has 1 aromatic rings. The van der Waals surface area contributed by atoms with Gasteiger partial charge in [0.05, 0.1) is 12.6 Å². The van der Waals surface area contributed by atoms with Crippen molar-refractivity contribution in [3.8, 4) is 5.75 Å². The van der Waals surface area contributed by atoms with Gasteiger partial charge in [-0.2, -0.15) is 0 Å². The van der Waals surface area contributed by atoms with Crippen LogP contribution in [0.15, 0.2) is 24.3 Å². The fourth-order valence-electron chi connectivity index (χ4n) is 3.74. The van der Waals surface area contributed by atoms with Gasteiger partial charge in [-0.25, -0.2) is 0 Å². The molecule has 0 atom stereocenters. The Balaban J connectivity index is 1.90. The van der Waals surface area contributed by atoms with E-state index in [-0.39, 0.29) is 12.0 Å². The number of benzene rings is 1. The lowest BCUT2D eigenvalue weighted by Crippen LogP contribution is -2.30. The minimum atomic E-state index is 0.0462. The molecular formula is C27H48N2O2. The van der Waals surface area contributed by atoms with E-state index in [1.165, 1.54) is 83.5 Å². The molecule has 0 aromatic heterocycles. The van der Waals surface area contributed by atoms with E-state index < -0.39 is 0 Å². The molecule has 0 saturated carbocycles. The minimum Gasteiger partial charge on any atom is -0.491 e. The standard InChI is InChI=1S/C27H48N2O2/c1-4-5-6-7-8-9-10-11-12-13-14-15-16-17-21-28-27(30)23-29-25-19-18-20-26(22-25)31-24(2)3/h18-20,22,24,29H,4-17,21,23H2,1-3H3,(H,28,30). The molecule has 0 saturated heterocycles. The number of unbranched alkanes of at least 4 members (excludes halogenated alkanes) is 13. The number of ether oxygens (including phenoxy) is 1. The number of rotatable bonds is 20. The average Bonchev–Trinajstić information content (AvgIpc) is 2.75. The highest BCUT2D eigenvalue weighted by Gasteiger charge is 2.03. The molecule has 178 valence electrons. The van der Waals surface area contributed by atoms with Gasteiger partial charge in [-0.1, -0.05) is 96.5 Å². The molecule has 4 heteroatoms. The van der Waals surface area contributed by atoms with Crippen LogP contribution in [0.4, 0.5) is 5.69 Å². The topological polar surface area (TPSA) is 50.4 Å². The lowest BCUT2D eigenvalue weighted by Gasteiger charge is -2.12. The normalized spacial score (nSPS) is 11.0. The quantitative estimate of drug-likeness (QED) is 0.210. The molecule has 0 aliphatic heterocycles. The summed E-state index contributed by atoms with van der Waals surface area (Å²) in [6.07, 6.45) is 19.1. The second kappa shape index (κ2) is 19.0. The van der Waals surface area contributed by atoms with Crippen molar-refractivity contribution in [2.75, 3.05) is 18.4 Å². The van der Waals surface area contributed by atoms with Crippen LogP contribution in [0.25, 0.3) is 0 Å². The van der Waals surface area contributed by atoms with Crippen LogP contribution in [0, 0.1) is 0 Å². The van der Waals surface area contributed by atoms with Crippen LogP contribution in [0.5, 0.6) is 5.75 Å². The van der Waals surface area contributed by atoms with E-state index >= 15 is 0 Å². The summed E-state index contributed by atoms with van der Waals surface area (Å²) in [7, 11) is 0. The third-order valence-electron chi connectivity index (χ3n) is 5.51. The number of hydrogen-bond donors (Lipinski definition) is 2. The van der Waals surface area contributed by atoms with Crippen molar-refractivity contribution >= 4 is 11.6 Å². The summed E-state index contributed by atoms with van der Waals surface area (Å²) in [4.78, 5) is 12.0. The fraction of sp³-hybridized carbons (Fsp3) is 0.741. The smallest absolute Gasteiger partial charge is 0.239 e. The third kappa shape index (κ3) is 16.6. The SMILES string of the molecule is CCCCCCCCCCCCCCCCNC(=O)CNc1cccc(OC(C)C)c1. The molecule has 0 aliphatic carbocycles. The van der Waals surface area contributed by atoms with Gasteiger partial charge in [0.15, 0.2) is 0 Å². The predicted molar refractivity (Wildman–Crippen MR) is 134 cm³/mol. The van der Waals surface area contributed by atoms with Crippen LogP contribution in [0.3, 0.4) is 0 Å². The van der Waals surface area contributed by atoms with E-state index in [0.29, 0.717) is 6.54 Å². The number of carbonyl (C=O) groups excluding carboxylic acids is 1. The van der Waals surface area contributed by atoms with Crippen LogP contribution in [0.1, 0.15) is 111 Å². The Morgan fingerprint density at radius 1 is 0.839 bits per heavy atom. The lowest BCUT2D eigenvalue weighted by molar-refractivity contribution is -0.119. The maximum absolute atomic E-state index is 12.0. The first-order valence-corrected chi connectivity index (χ1v) is 12.9. The zero-order valence-corrected chi connectivity index (χ0v) is 20.5. The van der Waals surface area contributed by atoms with E-state index in [9.17, 15) is 4.79 Å². The van der Waals surface area contributed by atoms with Gasteiger partial charge in [0, 0.05) is 18.3 Å². The number of hydrogen-bond acceptors (Lipinski definition) is 3. The Bertz CT molecular complexity index is 560. The van der Waals surface area contributed by atoms with Gasteiger partial charge in [-0.05, 0) is 32.4 Å². The Morgan fingerprint density at radius 3 is 1.94 bits per heavy atom. The average molecular weight is 433 g/mol. The van der Waals surface area contributed by atoms with Crippen LogP contribution in [-0.4, -0.2) is 25.1 Å². The molecule has 1 rings (SSSR count). The first-order valence-electron chi connectivity index (χ1n) is 12.9. The molecule has 0 radical (unpaired) electrons. The van der Waals surface area contributed by atoms with Gasteiger partial charge in [0.25, 0.3) is 0 Å². The van der Waals surface area contributed by atoms with Gasteiger partial charge in [0.2, 0.25) is 5.91 Å². The molecule has 0 heterocycles. The lowest BCUT2D eigenvalue weighted by atomic mass is 10.0. The zero-order valence-electron chi connectivity index (χ0n) is 20.5. The van der Waals surface area contributed by atoms with Crippen molar-refractivity contribution in [2.45, 2.75) is 117 Å². The van der Waals surface area contributed by atoms with Gasteiger partial charge in [-0.15, -0.1) is 0 Å². The molecule has 0 spiro atoms. The Hall–Kier alpha value is -1.71. The molecular weight excluding hydrogens is 384 g/mol. The van der Waals surface area contributed by atoms with Gasteiger partial charge in [0.1, 0.15) is 5.75 Å². The molecule has 0 fully saturated rings. The zero-order chi connectivity index (χ0) is 22.6. The second-order valence-corrected chi connectivity index (χ2v) is 8.99. The maximum atomic E-state index is 12.0. The Morgan fingerprint density at radius 2 is 1.39 bits per heavy atom. The summed E-state index contributed by atoms with van der Waals surface area (Å²) in [6, 6.07) is 7.75. The van der Waals surface area contributed by atoms with E-state index in [2.05, 4.69) is 17.6 Å². The second-order valence-electron chi connectivity index (χ2n) is 8.99. The van der Waals surface area contributed by atoms with E-state index in [0.717, 1.165) is 24.4 Å². The van der Waals surface area contributed by atoms with Crippen molar-refractivity contribution in [2.24, 2.45) is 0 Å². The van der Waals surface area contributed by atoms with Crippen LogP contribution >= 0.6 is 0 Å². The highest BCUT2D eigenvalue weighted by molar-refractivity contribution is 5.80. The fourth-order valence-corrected chi connectivity index (χ4v) is 3.74. The van der Waals surface area contributed by atoms with Crippen molar-refractivity contribution < 1.29 is 9.53 Å². The van der Waals surface area contributed by atoms with Crippen LogP contribution in [-0.2, 0) is 4.79 Å². The summed E-state index contributed by atoms with van der Waals surface area (Å²) in [5.74, 6) is 0.868. The predicted octanol–water partition coefficient (Wildman–Crippen LogP) is 7.48. The summed E-state index contributed by atoms with van der Waals surface area (Å²) >= 11 is 0. The van der Waals surface area contributed by atoms with Crippen molar-refractivity contribution in [3.05, 3.63) is 24.3 Å². The Labute approximate surface area is 191 Å². The highest BCUT2D eigenvalue weighted by Crippen LogP contribution is 2.18. The molecule has 1 amide bonds. The highest BCUT2D eigenvalue weighted by atomic mass is 16.5. The first kappa shape index (κ1) is 27.3. The van der Waals surface area contributed by atoms with Crippen LogP contribution < -0.4 is 15.4 Å². The number of nitrogens with one attached hydrogen (secondary N) is 2. The number of anilines is 1. The Kier molecular flexibility index (Phi) is 16.8. The molecule has 0 bridgehead atoms. The summed E-state index contributed by atoms with van der Waals surface area (Å²) in [5.41, 5.74) is 0.907. The van der Waals surface area contributed by atoms with Crippen molar-refractivity contribution in [3.63, 3.8) is 0 Å². The van der Waals surface area contributed by atoms with Crippen LogP contribution in [0.2, 0.25) is 0 Å². The third-order valence-corrected chi connectivity index (χ3v) is 5.51. The van der Waals surface area contributed by atoms with Crippen molar-refractivity contribution in [1.82, 2.24) is 5.32 Å². The van der Waals surface area contributed by atoms with E-state index in [1.807, 2.05) is 38.1 Å². The maximum Gasteiger partial charge on any atom is 0.239 e. The number of carbonyl (C=O) groups is 1. The largest absolute Gasteiger partial charge is 0.491 e. The molecule has 1 aromatic carbocycles. The summed E-state index contributed by atoms with van der Waals surface area (Å²) in [5, 5.41) is 6.18. The summed E-state index contributed by atoms with van der Waals surface area (Å²) < 4.78 is 5.68. The monoisotopic (exact) mass is 432 g/mol. The molecule has 2 N–H and O–H groups in total. The van der Waals surface area contributed by atoms with Gasteiger partial charge in [-0.3, -0.25) is 4.79 Å². The molecule has 0 unspecified atom stereocenters. The number of amides is 1. The first-order chi connectivity index (χ1) is 15.1. The molecule has 0 aliphatic rings. The summed E-state index contributed by atoms with van der Waals surface area (Å²) in [6.45, 7) is 7.36. The van der Waals surface area contributed by atoms with Gasteiger partial charge < -0.3 is 15.4 Å². The van der Waals surface area contributed by atoms with Crippen molar-refractivity contribution in [1.29, 1.82) is 0 Å². The minimum absolute atomic E-state index is 0.0462. The van der Waals surface area contributed by atoms with E-state index in [1.54, 1.807) is 0 Å². The molecule has 4 nitrogen and oxygen atoms in total.